The second kappa shape index (κ2) is 13.1. The minimum Gasteiger partial charge on any atom is -0.315 e. The van der Waals surface area contributed by atoms with Crippen molar-refractivity contribution in [3.8, 4) is 0 Å². The van der Waals surface area contributed by atoms with Crippen molar-refractivity contribution < 1.29 is 0 Å². The predicted molar refractivity (Wildman–Crippen MR) is 80.0 cm³/mol. The van der Waals surface area contributed by atoms with Gasteiger partial charge in [-0.15, -0.1) is 17.4 Å². The lowest BCUT2D eigenvalue weighted by atomic mass is 10.4. The van der Waals surface area contributed by atoms with Gasteiger partial charge in [-0.25, -0.2) is 0 Å². The van der Waals surface area contributed by atoms with Crippen molar-refractivity contribution in [2.45, 2.75) is 17.4 Å². The summed E-state index contributed by atoms with van der Waals surface area (Å²) in [4.78, 5) is 0. The Bertz CT molecular complexity index is 171. The largest absolute Gasteiger partial charge is 0.315 e. The second-order valence-electron chi connectivity index (χ2n) is 4.25. The Morgan fingerprint density at radius 2 is 1.12 bits per heavy atom. The topological polar surface area (TPSA) is 12.0 Å². The van der Waals surface area contributed by atoms with E-state index in [2.05, 4.69) is 22.7 Å². The lowest BCUT2D eigenvalue weighted by Crippen LogP contribution is -2.24. The monoisotopic (exact) mass is 253 g/mol. The van der Waals surface area contributed by atoms with E-state index in [1.807, 2.05) is 48.2 Å². The summed E-state index contributed by atoms with van der Waals surface area (Å²) >= 11 is 1.89. The highest BCUT2D eigenvalue weighted by Gasteiger charge is 1.93. The van der Waals surface area contributed by atoms with E-state index >= 15 is 0 Å². The van der Waals surface area contributed by atoms with Gasteiger partial charge < -0.3 is 5.32 Å². The first-order valence-electron chi connectivity index (χ1n) is 6.02. The Kier molecular flexibility index (Phi) is 13.2. The lowest BCUT2D eigenvalue weighted by Gasteiger charge is -2.08. The van der Waals surface area contributed by atoms with Crippen molar-refractivity contribution in [2.75, 3.05) is 24.6 Å². The molecule has 0 unspecified atom stereocenters. The third-order valence-corrected chi connectivity index (χ3v) is 2.50. The molecule has 0 atom stereocenters. The highest BCUT2D eigenvalue weighted by molar-refractivity contribution is 7.99. The summed E-state index contributed by atoms with van der Waals surface area (Å²) in [6.07, 6.45) is 0. The quantitative estimate of drug-likeness (QED) is 0.711. The van der Waals surface area contributed by atoms with Gasteiger partial charge in [-0.05, 0) is 0 Å². The molecule has 0 spiro atoms. The zero-order valence-corrected chi connectivity index (χ0v) is 12.7. The highest BCUT2D eigenvalue weighted by atomic mass is 32.2. The SMILES string of the molecule is C1CSCCN1.[CH3][Al]([CH3])[CH3].c1ccccc1. The minimum atomic E-state index is -0.139. The van der Waals surface area contributed by atoms with Crippen LogP contribution < -0.4 is 5.32 Å². The molecule has 0 aliphatic carbocycles. The van der Waals surface area contributed by atoms with Crippen molar-refractivity contribution in [2.24, 2.45) is 0 Å². The maximum atomic E-state index is 3.26. The van der Waals surface area contributed by atoms with E-state index in [4.69, 9.17) is 0 Å². The first-order valence-corrected chi connectivity index (χ1v) is 10.6. The summed E-state index contributed by atoms with van der Waals surface area (Å²) in [5, 5.41) is 3.26. The van der Waals surface area contributed by atoms with Crippen LogP contribution >= 0.6 is 11.8 Å². The van der Waals surface area contributed by atoms with Gasteiger partial charge in [0.25, 0.3) is 14.1 Å². The van der Waals surface area contributed by atoms with E-state index in [1.54, 1.807) is 0 Å². The fourth-order valence-corrected chi connectivity index (χ4v) is 1.68. The first-order chi connectivity index (χ1) is 7.73. The van der Waals surface area contributed by atoms with Crippen LogP contribution in [0.2, 0.25) is 17.4 Å². The van der Waals surface area contributed by atoms with E-state index in [-0.39, 0.29) is 14.1 Å². The fourth-order valence-electron chi connectivity index (χ4n) is 0.901. The molecule has 1 aliphatic heterocycles. The van der Waals surface area contributed by atoms with E-state index in [9.17, 15) is 0 Å². The summed E-state index contributed by atoms with van der Waals surface area (Å²) in [5.41, 5.74) is 0. The standard InChI is InChI=1S/C6H6.C4H9NS.3CH3.Al/c1-2-4-6-5-3-1;1-3-6-4-2-5-1;;;;/h1-6H;5H,1-4H2;3*1H3;. The molecule has 1 heterocycles. The Morgan fingerprint density at radius 3 is 1.25 bits per heavy atom. The zero-order chi connectivity index (χ0) is 12.1. The highest BCUT2D eigenvalue weighted by Crippen LogP contribution is 1.99. The van der Waals surface area contributed by atoms with Crippen LogP contribution in [0.5, 0.6) is 0 Å². The van der Waals surface area contributed by atoms with Gasteiger partial charge in [-0.1, -0.05) is 36.4 Å². The van der Waals surface area contributed by atoms with Crippen molar-refractivity contribution in [3.63, 3.8) is 0 Å². The van der Waals surface area contributed by atoms with Gasteiger partial charge >= 0.3 is 0 Å². The van der Waals surface area contributed by atoms with Gasteiger partial charge in [0.15, 0.2) is 0 Å². The molecule has 3 heteroatoms. The molecule has 0 amide bonds. The van der Waals surface area contributed by atoms with Gasteiger partial charge in [0.2, 0.25) is 0 Å². The first kappa shape index (κ1) is 16.1. The number of benzene rings is 1. The Labute approximate surface area is 109 Å². The number of rotatable bonds is 0. The molecule has 0 saturated carbocycles. The van der Waals surface area contributed by atoms with Crippen molar-refractivity contribution in [1.29, 1.82) is 0 Å². The summed E-state index contributed by atoms with van der Waals surface area (Å²) in [7, 11) is 0. The Morgan fingerprint density at radius 1 is 0.812 bits per heavy atom. The molecule has 16 heavy (non-hydrogen) atoms. The number of hydrogen-bond acceptors (Lipinski definition) is 2. The lowest BCUT2D eigenvalue weighted by molar-refractivity contribution is 0.756. The third-order valence-electron chi connectivity index (χ3n) is 1.51. The predicted octanol–water partition coefficient (Wildman–Crippen LogP) is 3.38. The average Bonchev–Trinajstić information content (AvgIpc) is 2.34. The van der Waals surface area contributed by atoms with Crippen LogP contribution in [0, 0.1) is 0 Å². The molecule has 0 bridgehead atoms. The van der Waals surface area contributed by atoms with Gasteiger partial charge in [-0.2, -0.15) is 11.8 Å². The maximum absolute atomic E-state index is 3.26. The van der Waals surface area contributed by atoms with Gasteiger partial charge in [0.1, 0.15) is 0 Å². The normalized spacial score (nSPS) is 13.7. The van der Waals surface area contributed by atoms with Crippen molar-refractivity contribution in [3.05, 3.63) is 36.4 Å². The summed E-state index contributed by atoms with van der Waals surface area (Å²) < 4.78 is 0. The van der Waals surface area contributed by atoms with Crippen LogP contribution in [0.25, 0.3) is 0 Å². The molecule has 0 radical (unpaired) electrons. The van der Waals surface area contributed by atoms with Crippen LogP contribution in [0.1, 0.15) is 0 Å². The molecule has 1 aromatic carbocycles. The molecule has 0 aromatic heterocycles. The van der Waals surface area contributed by atoms with Crippen LogP contribution in [0.15, 0.2) is 36.4 Å². The molecule has 1 N–H and O–H groups in total. The Hall–Kier alpha value is 0.0625. The van der Waals surface area contributed by atoms with Crippen molar-refractivity contribution >= 4 is 25.9 Å². The summed E-state index contributed by atoms with van der Waals surface area (Å²) in [5.74, 6) is 9.53. The van der Waals surface area contributed by atoms with Crippen LogP contribution in [0.3, 0.4) is 0 Å². The molecule has 1 saturated heterocycles. The van der Waals surface area contributed by atoms with Crippen LogP contribution in [-0.4, -0.2) is 38.7 Å². The number of thioether (sulfide) groups is 1. The molecule has 2 rings (SSSR count). The maximum Gasteiger partial charge on any atom is 0.251 e. The van der Waals surface area contributed by atoms with E-state index in [0.717, 1.165) is 0 Å². The van der Waals surface area contributed by atoms with Gasteiger partial charge in [0.05, 0.1) is 0 Å². The molecule has 1 nitrogen and oxygen atoms in total. The van der Waals surface area contributed by atoms with Crippen LogP contribution in [-0.2, 0) is 0 Å². The molecule has 1 aromatic rings. The molecular weight excluding hydrogens is 229 g/mol. The van der Waals surface area contributed by atoms with Crippen LogP contribution in [0.4, 0.5) is 0 Å². The van der Waals surface area contributed by atoms with Gasteiger partial charge in [0, 0.05) is 24.6 Å². The zero-order valence-electron chi connectivity index (χ0n) is 10.8. The van der Waals surface area contributed by atoms with E-state index < -0.39 is 0 Å². The molecule has 1 fully saturated rings. The summed E-state index contributed by atoms with van der Waals surface area (Å²) in [6, 6.07) is 12.0. The van der Waals surface area contributed by atoms with E-state index in [1.165, 1.54) is 24.6 Å². The molecule has 1 aliphatic rings. The van der Waals surface area contributed by atoms with Crippen molar-refractivity contribution in [1.82, 2.24) is 5.32 Å². The number of hydrogen-bond donors (Lipinski definition) is 1. The summed E-state index contributed by atoms with van der Waals surface area (Å²) in [6.45, 7) is 2.43. The molecular formula is C13H24AlNS. The van der Waals surface area contributed by atoms with Gasteiger partial charge in [-0.3, -0.25) is 0 Å². The number of nitrogens with one attached hydrogen (secondary N) is 1. The minimum absolute atomic E-state index is 0.139. The molecule has 90 valence electrons. The average molecular weight is 253 g/mol. The Balaban J connectivity index is 0.000000217. The third kappa shape index (κ3) is 16.5. The second-order valence-corrected chi connectivity index (χ2v) is 8.94. The fraction of sp³-hybridized carbons (Fsp3) is 0.538. The van der Waals surface area contributed by atoms with E-state index in [0.29, 0.717) is 0 Å². The smallest absolute Gasteiger partial charge is 0.251 e.